The van der Waals surface area contributed by atoms with Gasteiger partial charge in [-0.25, -0.2) is 0 Å². The van der Waals surface area contributed by atoms with Crippen LogP contribution in [0.25, 0.3) is 0 Å². The Balaban J connectivity index is 3.05. The molecule has 0 spiro atoms. The molecule has 0 fully saturated rings. The van der Waals surface area contributed by atoms with Crippen LogP contribution in [0.2, 0.25) is 0 Å². The molecule has 0 aliphatic heterocycles. The maximum atomic E-state index is 5.78. The van der Waals surface area contributed by atoms with E-state index in [9.17, 15) is 0 Å². The number of aryl methyl sites for hydroxylation is 1. The topological polar surface area (TPSA) is 29.3 Å². The van der Waals surface area contributed by atoms with Gasteiger partial charge in [-0.15, -0.1) is 0 Å². The van der Waals surface area contributed by atoms with Crippen LogP contribution in [-0.2, 0) is 6.42 Å². The van der Waals surface area contributed by atoms with Crippen LogP contribution in [0.3, 0.4) is 0 Å². The largest absolute Gasteiger partial charge is 0.399 e. The lowest BCUT2D eigenvalue weighted by Gasteiger charge is -2.14. The third-order valence-electron chi connectivity index (χ3n) is 2.02. The van der Waals surface area contributed by atoms with Crippen molar-refractivity contribution < 1.29 is 0 Å². The van der Waals surface area contributed by atoms with Gasteiger partial charge in [-0.3, -0.25) is 0 Å². The van der Waals surface area contributed by atoms with Crippen LogP contribution in [0.15, 0.2) is 18.2 Å². The summed E-state index contributed by atoms with van der Waals surface area (Å²) in [6, 6.07) is 6.14. The van der Waals surface area contributed by atoms with Gasteiger partial charge < -0.3 is 10.6 Å². The molecule has 0 atom stereocenters. The molecule has 0 amide bonds. The van der Waals surface area contributed by atoms with Crippen LogP contribution < -0.4 is 10.6 Å². The van der Waals surface area contributed by atoms with Gasteiger partial charge in [-0.1, -0.05) is 6.92 Å². The Hall–Kier alpha value is -1.18. The van der Waals surface area contributed by atoms with Gasteiger partial charge in [0, 0.05) is 25.5 Å². The van der Waals surface area contributed by atoms with Crippen molar-refractivity contribution in [3.8, 4) is 0 Å². The predicted octanol–water partition coefficient (Wildman–Crippen LogP) is 1.90. The SMILES string of the molecule is CCc1cc(N(C)C)ccc1N. The van der Waals surface area contributed by atoms with Crippen LogP contribution in [0.5, 0.6) is 0 Å². The van der Waals surface area contributed by atoms with Gasteiger partial charge in [0.2, 0.25) is 0 Å². The zero-order chi connectivity index (χ0) is 9.14. The molecular formula is C10H16N2. The minimum absolute atomic E-state index is 0.892. The number of nitrogens with two attached hydrogens (primary N) is 1. The highest BCUT2D eigenvalue weighted by molar-refractivity contribution is 5.57. The highest BCUT2D eigenvalue weighted by atomic mass is 15.1. The monoisotopic (exact) mass is 164 g/mol. The molecule has 0 radical (unpaired) electrons. The van der Waals surface area contributed by atoms with E-state index in [4.69, 9.17) is 5.73 Å². The summed E-state index contributed by atoms with van der Waals surface area (Å²) in [5.41, 5.74) is 9.11. The van der Waals surface area contributed by atoms with E-state index in [0.29, 0.717) is 0 Å². The Morgan fingerprint density at radius 1 is 1.33 bits per heavy atom. The number of nitrogens with zero attached hydrogens (tertiary/aromatic N) is 1. The minimum atomic E-state index is 0.892. The molecule has 1 aromatic rings. The first kappa shape index (κ1) is 8.91. The van der Waals surface area contributed by atoms with Crippen molar-refractivity contribution >= 4 is 11.4 Å². The molecule has 2 heteroatoms. The Bertz CT molecular complexity index is 267. The van der Waals surface area contributed by atoms with Crippen molar-refractivity contribution in [3.63, 3.8) is 0 Å². The van der Waals surface area contributed by atoms with Crippen molar-refractivity contribution in [2.24, 2.45) is 0 Å². The smallest absolute Gasteiger partial charge is 0.0365 e. The lowest BCUT2D eigenvalue weighted by molar-refractivity contribution is 1.10. The Morgan fingerprint density at radius 2 is 2.00 bits per heavy atom. The summed E-state index contributed by atoms with van der Waals surface area (Å²) in [6.07, 6.45) is 0.994. The third kappa shape index (κ3) is 1.70. The molecule has 2 N–H and O–H groups in total. The predicted molar refractivity (Wildman–Crippen MR) is 54.6 cm³/mol. The van der Waals surface area contributed by atoms with Crippen molar-refractivity contribution in [2.75, 3.05) is 24.7 Å². The minimum Gasteiger partial charge on any atom is -0.399 e. The summed E-state index contributed by atoms with van der Waals surface area (Å²) < 4.78 is 0. The lowest BCUT2D eigenvalue weighted by atomic mass is 10.1. The summed E-state index contributed by atoms with van der Waals surface area (Å²) in [6.45, 7) is 2.12. The highest BCUT2D eigenvalue weighted by Gasteiger charge is 1.99. The van der Waals surface area contributed by atoms with Gasteiger partial charge >= 0.3 is 0 Å². The number of hydrogen-bond acceptors (Lipinski definition) is 2. The van der Waals surface area contributed by atoms with E-state index in [2.05, 4.69) is 17.9 Å². The fourth-order valence-corrected chi connectivity index (χ4v) is 1.18. The van der Waals surface area contributed by atoms with E-state index < -0.39 is 0 Å². The summed E-state index contributed by atoms with van der Waals surface area (Å²) in [5, 5.41) is 0. The van der Waals surface area contributed by atoms with E-state index in [-0.39, 0.29) is 0 Å². The maximum Gasteiger partial charge on any atom is 0.0365 e. The lowest BCUT2D eigenvalue weighted by Crippen LogP contribution is -2.09. The van der Waals surface area contributed by atoms with Gasteiger partial charge in [0.05, 0.1) is 0 Å². The number of benzene rings is 1. The maximum absolute atomic E-state index is 5.78. The number of rotatable bonds is 2. The Morgan fingerprint density at radius 3 is 2.50 bits per heavy atom. The third-order valence-corrected chi connectivity index (χ3v) is 2.02. The van der Waals surface area contributed by atoms with Crippen LogP contribution in [-0.4, -0.2) is 14.1 Å². The zero-order valence-electron chi connectivity index (χ0n) is 7.96. The molecule has 12 heavy (non-hydrogen) atoms. The van der Waals surface area contributed by atoms with Crippen molar-refractivity contribution in [2.45, 2.75) is 13.3 Å². The van der Waals surface area contributed by atoms with Crippen LogP contribution in [0.4, 0.5) is 11.4 Å². The van der Waals surface area contributed by atoms with Crippen molar-refractivity contribution in [1.82, 2.24) is 0 Å². The highest BCUT2D eigenvalue weighted by Crippen LogP contribution is 2.19. The molecule has 0 bridgehead atoms. The molecule has 0 saturated carbocycles. The Kier molecular flexibility index (Phi) is 2.58. The molecular weight excluding hydrogens is 148 g/mol. The first-order valence-corrected chi connectivity index (χ1v) is 4.21. The van der Waals surface area contributed by atoms with Gasteiger partial charge in [0.15, 0.2) is 0 Å². The molecule has 0 saturated heterocycles. The molecule has 66 valence electrons. The summed E-state index contributed by atoms with van der Waals surface area (Å²) in [7, 11) is 4.07. The second kappa shape index (κ2) is 3.48. The van der Waals surface area contributed by atoms with Gasteiger partial charge in [0.1, 0.15) is 0 Å². The molecule has 1 rings (SSSR count). The molecule has 2 nitrogen and oxygen atoms in total. The zero-order valence-corrected chi connectivity index (χ0v) is 7.96. The quantitative estimate of drug-likeness (QED) is 0.676. The van der Waals surface area contributed by atoms with E-state index in [1.54, 1.807) is 0 Å². The van der Waals surface area contributed by atoms with Gasteiger partial charge in [-0.2, -0.15) is 0 Å². The first-order valence-electron chi connectivity index (χ1n) is 4.21. The van der Waals surface area contributed by atoms with Crippen molar-refractivity contribution in [1.29, 1.82) is 0 Å². The Labute approximate surface area is 74.0 Å². The van der Waals surface area contributed by atoms with Gasteiger partial charge in [0.25, 0.3) is 0 Å². The number of anilines is 2. The second-order valence-corrected chi connectivity index (χ2v) is 3.13. The molecule has 0 unspecified atom stereocenters. The first-order chi connectivity index (χ1) is 5.65. The van der Waals surface area contributed by atoms with E-state index in [1.807, 2.05) is 26.2 Å². The van der Waals surface area contributed by atoms with Crippen LogP contribution in [0.1, 0.15) is 12.5 Å². The number of nitrogen functional groups attached to an aromatic ring is 1. The molecule has 0 heterocycles. The number of hydrogen-bond donors (Lipinski definition) is 1. The molecule has 0 aliphatic rings. The molecule has 0 aromatic heterocycles. The van der Waals surface area contributed by atoms with E-state index in [0.717, 1.165) is 12.1 Å². The standard InChI is InChI=1S/C10H16N2/c1-4-8-7-9(12(2)3)5-6-10(8)11/h5-7H,4,11H2,1-3H3. The van der Waals surface area contributed by atoms with E-state index in [1.165, 1.54) is 11.3 Å². The average molecular weight is 164 g/mol. The molecule has 0 aliphatic carbocycles. The van der Waals surface area contributed by atoms with Crippen LogP contribution in [0, 0.1) is 0 Å². The summed E-state index contributed by atoms with van der Waals surface area (Å²) >= 11 is 0. The van der Waals surface area contributed by atoms with Crippen molar-refractivity contribution in [3.05, 3.63) is 23.8 Å². The molecule has 1 aromatic carbocycles. The summed E-state index contributed by atoms with van der Waals surface area (Å²) in [5.74, 6) is 0. The summed E-state index contributed by atoms with van der Waals surface area (Å²) in [4.78, 5) is 2.08. The second-order valence-electron chi connectivity index (χ2n) is 3.13. The average Bonchev–Trinajstić information content (AvgIpc) is 2.05. The van der Waals surface area contributed by atoms with Crippen LogP contribution >= 0.6 is 0 Å². The van der Waals surface area contributed by atoms with Gasteiger partial charge in [-0.05, 0) is 30.2 Å². The fourth-order valence-electron chi connectivity index (χ4n) is 1.18. The normalized spacial score (nSPS) is 9.92. The van der Waals surface area contributed by atoms with E-state index >= 15 is 0 Å². The fraction of sp³-hybridized carbons (Fsp3) is 0.400.